The minimum atomic E-state index is 0.344. The first kappa shape index (κ1) is 27.2. The normalized spacial score (nSPS) is 29.6. The van der Waals surface area contributed by atoms with Gasteiger partial charge in [0.25, 0.3) is 0 Å². The molecule has 0 radical (unpaired) electrons. The smallest absolute Gasteiger partial charge is 0.0190 e. The van der Waals surface area contributed by atoms with Crippen LogP contribution in [0.3, 0.4) is 0 Å². The maximum absolute atomic E-state index is 2.54. The second-order valence-electron chi connectivity index (χ2n) is 12.7. The summed E-state index contributed by atoms with van der Waals surface area (Å²) in [5.74, 6) is 4.36. The van der Waals surface area contributed by atoms with E-state index in [1.165, 1.54) is 89.0 Å². The molecule has 0 aromatic heterocycles. The molecule has 0 N–H and O–H groups in total. The van der Waals surface area contributed by atoms with Gasteiger partial charge in [-0.25, -0.2) is 0 Å². The van der Waals surface area contributed by atoms with Crippen LogP contribution in [0.25, 0.3) is 0 Å². The van der Waals surface area contributed by atoms with Crippen LogP contribution in [0.15, 0.2) is 78.4 Å². The first-order chi connectivity index (χ1) is 17.5. The lowest BCUT2D eigenvalue weighted by molar-refractivity contribution is 0.116. The Labute approximate surface area is 223 Å². The summed E-state index contributed by atoms with van der Waals surface area (Å²) >= 11 is 0. The van der Waals surface area contributed by atoms with Gasteiger partial charge < -0.3 is 0 Å². The van der Waals surface area contributed by atoms with Crippen LogP contribution in [0.2, 0.25) is 0 Å². The zero-order valence-electron chi connectivity index (χ0n) is 23.5. The molecule has 0 aliphatic heterocycles. The third-order valence-electron chi connectivity index (χ3n) is 10.1. The molecule has 1 aromatic carbocycles. The molecule has 4 rings (SSSR count). The number of hydrogen-bond donors (Lipinski definition) is 0. The quantitative estimate of drug-likeness (QED) is 0.259. The maximum atomic E-state index is 2.54. The van der Waals surface area contributed by atoms with Crippen molar-refractivity contribution < 1.29 is 0 Å². The van der Waals surface area contributed by atoms with E-state index in [-0.39, 0.29) is 0 Å². The van der Waals surface area contributed by atoms with Gasteiger partial charge in [-0.05, 0) is 91.9 Å². The average Bonchev–Trinajstić information content (AvgIpc) is 2.90. The van der Waals surface area contributed by atoms with E-state index in [0.29, 0.717) is 11.3 Å². The highest BCUT2D eigenvalue weighted by Gasteiger charge is 2.34. The Bertz CT molecular complexity index is 899. The van der Waals surface area contributed by atoms with Crippen LogP contribution in [0.5, 0.6) is 0 Å². The zero-order valence-corrected chi connectivity index (χ0v) is 23.5. The van der Waals surface area contributed by atoms with Gasteiger partial charge in [-0.15, -0.1) is 0 Å². The molecule has 1 aromatic rings. The van der Waals surface area contributed by atoms with Crippen LogP contribution in [0.4, 0.5) is 0 Å². The first-order valence-electron chi connectivity index (χ1n) is 15.3. The second-order valence-corrected chi connectivity index (χ2v) is 12.7. The van der Waals surface area contributed by atoms with Gasteiger partial charge in [-0.2, -0.15) is 0 Å². The lowest BCUT2D eigenvalue weighted by atomic mass is 9.66. The molecule has 0 nitrogen and oxygen atoms in total. The van der Waals surface area contributed by atoms with E-state index in [4.69, 9.17) is 0 Å². The highest BCUT2D eigenvalue weighted by atomic mass is 14.4. The summed E-state index contributed by atoms with van der Waals surface area (Å²) in [5, 5.41) is 0. The van der Waals surface area contributed by atoms with E-state index in [2.05, 4.69) is 93.6 Å². The predicted octanol–water partition coefficient (Wildman–Crippen LogP) is 10.7. The SMILES string of the molecule is CC1CCC(CCCCCC(CC2=CCCC=C2)(Cc2ccccc2)CC2C=CC=CC2)C(C)C1C. The molecule has 0 saturated heterocycles. The third-order valence-corrected chi connectivity index (χ3v) is 10.1. The van der Waals surface area contributed by atoms with Crippen LogP contribution in [-0.4, -0.2) is 0 Å². The number of rotatable bonds is 12. The molecule has 36 heavy (non-hydrogen) atoms. The summed E-state index contributed by atoms with van der Waals surface area (Å²) in [7, 11) is 0. The number of benzene rings is 1. The molecule has 0 heterocycles. The summed E-state index contributed by atoms with van der Waals surface area (Å²) in [6, 6.07) is 11.4. The van der Waals surface area contributed by atoms with Crippen molar-refractivity contribution in [3.8, 4) is 0 Å². The fourth-order valence-electron chi connectivity index (χ4n) is 7.53. The average molecular weight is 485 g/mol. The van der Waals surface area contributed by atoms with Gasteiger partial charge in [-0.1, -0.05) is 131 Å². The summed E-state index contributed by atoms with van der Waals surface area (Å²) in [6.07, 6.45) is 34.1. The molecule has 0 bridgehead atoms. The van der Waals surface area contributed by atoms with Gasteiger partial charge in [0, 0.05) is 0 Å². The fourth-order valence-corrected chi connectivity index (χ4v) is 7.53. The Balaban J connectivity index is 1.42. The molecule has 3 aliphatic carbocycles. The predicted molar refractivity (Wildman–Crippen MR) is 158 cm³/mol. The molecule has 1 fully saturated rings. The van der Waals surface area contributed by atoms with E-state index in [1.807, 2.05) is 0 Å². The molecule has 0 spiro atoms. The molecule has 6 atom stereocenters. The minimum absolute atomic E-state index is 0.344. The van der Waals surface area contributed by atoms with Crippen molar-refractivity contribution in [3.63, 3.8) is 0 Å². The van der Waals surface area contributed by atoms with Crippen molar-refractivity contribution >= 4 is 0 Å². The van der Waals surface area contributed by atoms with Gasteiger partial charge >= 0.3 is 0 Å². The van der Waals surface area contributed by atoms with Crippen molar-refractivity contribution in [2.75, 3.05) is 0 Å². The molecule has 3 aliphatic rings. The van der Waals surface area contributed by atoms with Gasteiger partial charge in [0.05, 0.1) is 0 Å². The summed E-state index contributed by atoms with van der Waals surface area (Å²) in [4.78, 5) is 0. The minimum Gasteiger partial charge on any atom is -0.0840 e. The summed E-state index contributed by atoms with van der Waals surface area (Å²) in [6.45, 7) is 7.51. The Morgan fingerprint density at radius 3 is 2.44 bits per heavy atom. The molecular weight excluding hydrogens is 432 g/mol. The lowest BCUT2D eigenvalue weighted by Crippen LogP contribution is -2.30. The van der Waals surface area contributed by atoms with E-state index >= 15 is 0 Å². The second kappa shape index (κ2) is 13.6. The summed E-state index contributed by atoms with van der Waals surface area (Å²) < 4.78 is 0. The monoisotopic (exact) mass is 484 g/mol. The number of unbranched alkanes of at least 4 members (excludes halogenated alkanes) is 2. The van der Waals surface area contributed by atoms with Crippen molar-refractivity contribution in [2.45, 2.75) is 104 Å². The van der Waals surface area contributed by atoms with E-state index < -0.39 is 0 Å². The van der Waals surface area contributed by atoms with Crippen LogP contribution in [0, 0.1) is 35.0 Å². The Morgan fingerprint density at radius 2 is 1.69 bits per heavy atom. The van der Waals surface area contributed by atoms with Gasteiger partial charge in [0.1, 0.15) is 0 Å². The Morgan fingerprint density at radius 1 is 0.833 bits per heavy atom. The van der Waals surface area contributed by atoms with Crippen LogP contribution in [-0.2, 0) is 6.42 Å². The Hall–Kier alpha value is -1.82. The van der Waals surface area contributed by atoms with Gasteiger partial charge in [0.15, 0.2) is 0 Å². The van der Waals surface area contributed by atoms with E-state index in [9.17, 15) is 0 Å². The van der Waals surface area contributed by atoms with Crippen LogP contribution in [0.1, 0.15) is 103 Å². The molecule has 196 valence electrons. The van der Waals surface area contributed by atoms with Crippen LogP contribution >= 0.6 is 0 Å². The van der Waals surface area contributed by atoms with Crippen molar-refractivity contribution in [1.29, 1.82) is 0 Å². The lowest BCUT2D eigenvalue weighted by Gasteiger charge is -2.39. The molecule has 0 heteroatoms. The highest BCUT2D eigenvalue weighted by Crippen LogP contribution is 2.45. The first-order valence-corrected chi connectivity index (χ1v) is 15.3. The zero-order chi connectivity index (χ0) is 25.2. The fraction of sp³-hybridized carbons (Fsp3) is 0.611. The topological polar surface area (TPSA) is 0 Å². The molecule has 0 amide bonds. The van der Waals surface area contributed by atoms with Gasteiger partial charge in [0.2, 0.25) is 0 Å². The van der Waals surface area contributed by atoms with Crippen molar-refractivity contribution in [1.82, 2.24) is 0 Å². The largest absolute Gasteiger partial charge is 0.0840 e. The Kier molecular flexibility index (Phi) is 10.3. The van der Waals surface area contributed by atoms with Crippen molar-refractivity contribution in [3.05, 3.63) is 84.0 Å². The van der Waals surface area contributed by atoms with Crippen LogP contribution < -0.4 is 0 Å². The number of allylic oxidation sites excluding steroid dienone is 8. The van der Waals surface area contributed by atoms with Crippen molar-refractivity contribution in [2.24, 2.45) is 35.0 Å². The molecular formula is C36H52. The highest BCUT2D eigenvalue weighted by molar-refractivity contribution is 5.26. The van der Waals surface area contributed by atoms with E-state index in [1.54, 1.807) is 5.57 Å². The molecule has 1 saturated carbocycles. The standard InChI is InChI=1S/C36H52/c1-29-23-24-35(31(3)30(29)2)22-14-7-15-25-36(26-32-16-8-4-9-17-32,27-33-18-10-5-11-19-33)28-34-20-12-6-13-21-34/h4-5,8-12,16-18,20-21,29-31,33,35H,6-7,13-15,19,22-28H2,1-3H3. The summed E-state index contributed by atoms with van der Waals surface area (Å²) in [5.41, 5.74) is 3.45. The van der Waals surface area contributed by atoms with Gasteiger partial charge in [-0.3, -0.25) is 0 Å². The number of hydrogen-bond acceptors (Lipinski definition) is 0. The molecule has 6 unspecified atom stereocenters. The maximum Gasteiger partial charge on any atom is -0.0190 e. The van der Waals surface area contributed by atoms with E-state index in [0.717, 1.165) is 23.7 Å². The third kappa shape index (κ3) is 7.84.